The molecule has 0 radical (unpaired) electrons. The van der Waals surface area contributed by atoms with Crippen molar-refractivity contribution < 1.29 is 0 Å². The standard InChI is InChI=1S/C9H15N3/c1-3-7(2)8(10)9-11-5-4-6-12-9/h4-8H,3,10H2,1-2H3/t7-,8-/m0/s1. The minimum Gasteiger partial charge on any atom is -0.321 e. The summed E-state index contributed by atoms with van der Waals surface area (Å²) >= 11 is 0. The molecule has 0 unspecified atom stereocenters. The van der Waals surface area contributed by atoms with E-state index in [4.69, 9.17) is 5.73 Å². The molecule has 1 aromatic heterocycles. The number of rotatable bonds is 3. The van der Waals surface area contributed by atoms with Crippen molar-refractivity contribution in [2.24, 2.45) is 11.7 Å². The molecule has 0 saturated heterocycles. The van der Waals surface area contributed by atoms with Gasteiger partial charge in [0.05, 0.1) is 6.04 Å². The predicted octanol–water partition coefficient (Wildman–Crippen LogP) is 1.52. The largest absolute Gasteiger partial charge is 0.321 e. The molecular weight excluding hydrogens is 150 g/mol. The van der Waals surface area contributed by atoms with Crippen LogP contribution >= 0.6 is 0 Å². The zero-order chi connectivity index (χ0) is 8.97. The van der Waals surface area contributed by atoms with E-state index in [1.807, 2.05) is 0 Å². The van der Waals surface area contributed by atoms with Gasteiger partial charge in [0, 0.05) is 12.4 Å². The van der Waals surface area contributed by atoms with Crippen molar-refractivity contribution in [3.63, 3.8) is 0 Å². The summed E-state index contributed by atoms with van der Waals surface area (Å²) < 4.78 is 0. The lowest BCUT2D eigenvalue weighted by atomic mass is 10.00. The van der Waals surface area contributed by atoms with E-state index in [9.17, 15) is 0 Å². The highest BCUT2D eigenvalue weighted by Crippen LogP contribution is 2.17. The van der Waals surface area contributed by atoms with Gasteiger partial charge in [0.15, 0.2) is 0 Å². The van der Waals surface area contributed by atoms with E-state index in [2.05, 4.69) is 23.8 Å². The van der Waals surface area contributed by atoms with Crippen LogP contribution in [-0.4, -0.2) is 9.97 Å². The molecule has 3 heteroatoms. The van der Waals surface area contributed by atoms with Crippen molar-refractivity contribution in [1.82, 2.24) is 9.97 Å². The fourth-order valence-corrected chi connectivity index (χ4v) is 0.991. The van der Waals surface area contributed by atoms with Crippen LogP contribution in [0.4, 0.5) is 0 Å². The lowest BCUT2D eigenvalue weighted by molar-refractivity contribution is 0.439. The maximum Gasteiger partial charge on any atom is 0.145 e. The minimum absolute atomic E-state index is 0.0313. The molecule has 1 aromatic rings. The average Bonchev–Trinajstić information content (AvgIpc) is 2.17. The Kier molecular flexibility index (Phi) is 3.17. The van der Waals surface area contributed by atoms with E-state index in [0.29, 0.717) is 5.92 Å². The second-order valence-electron chi connectivity index (χ2n) is 3.02. The lowest BCUT2D eigenvalue weighted by Crippen LogP contribution is -2.20. The predicted molar refractivity (Wildman–Crippen MR) is 48.4 cm³/mol. The van der Waals surface area contributed by atoms with Crippen LogP contribution in [0.3, 0.4) is 0 Å². The smallest absolute Gasteiger partial charge is 0.145 e. The zero-order valence-corrected chi connectivity index (χ0v) is 7.57. The quantitative estimate of drug-likeness (QED) is 0.738. The number of nitrogens with zero attached hydrogens (tertiary/aromatic N) is 2. The first-order valence-corrected chi connectivity index (χ1v) is 4.28. The van der Waals surface area contributed by atoms with E-state index in [1.165, 1.54) is 0 Å². The van der Waals surface area contributed by atoms with E-state index >= 15 is 0 Å². The third-order valence-electron chi connectivity index (χ3n) is 2.14. The van der Waals surface area contributed by atoms with Gasteiger partial charge in [-0.2, -0.15) is 0 Å². The summed E-state index contributed by atoms with van der Waals surface area (Å²) in [5.41, 5.74) is 5.92. The van der Waals surface area contributed by atoms with Crippen LogP contribution in [0.1, 0.15) is 32.1 Å². The summed E-state index contributed by atoms with van der Waals surface area (Å²) in [6.07, 6.45) is 4.51. The number of hydrogen-bond donors (Lipinski definition) is 1. The van der Waals surface area contributed by atoms with Gasteiger partial charge in [-0.3, -0.25) is 0 Å². The van der Waals surface area contributed by atoms with Gasteiger partial charge in [-0.1, -0.05) is 20.3 Å². The van der Waals surface area contributed by atoms with Crippen molar-refractivity contribution in [2.45, 2.75) is 26.3 Å². The number of hydrogen-bond acceptors (Lipinski definition) is 3. The SMILES string of the molecule is CC[C@H](C)[C@H](N)c1ncccn1. The molecule has 0 aliphatic carbocycles. The fourth-order valence-electron chi connectivity index (χ4n) is 0.991. The molecule has 0 saturated carbocycles. The summed E-state index contributed by atoms with van der Waals surface area (Å²) in [5, 5.41) is 0. The van der Waals surface area contributed by atoms with Gasteiger partial charge in [0.1, 0.15) is 5.82 Å². The molecule has 1 rings (SSSR count). The normalized spacial score (nSPS) is 15.6. The van der Waals surface area contributed by atoms with Gasteiger partial charge in [0.25, 0.3) is 0 Å². The second-order valence-corrected chi connectivity index (χ2v) is 3.02. The molecule has 0 spiro atoms. The molecule has 0 amide bonds. The Hall–Kier alpha value is -0.960. The fraction of sp³-hybridized carbons (Fsp3) is 0.556. The summed E-state index contributed by atoms with van der Waals surface area (Å²) in [7, 11) is 0. The van der Waals surface area contributed by atoms with Gasteiger partial charge in [0.2, 0.25) is 0 Å². The Morgan fingerprint density at radius 1 is 1.42 bits per heavy atom. The van der Waals surface area contributed by atoms with Gasteiger partial charge in [-0.25, -0.2) is 9.97 Å². The molecule has 3 nitrogen and oxygen atoms in total. The zero-order valence-electron chi connectivity index (χ0n) is 7.57. The molecular formula is C9H15N3. The Labute approximate surface area is 73.0 Å². The average molecular weight is 165 g/mol. The van der Waals surface area contributed by atoms with Crippen LogP contribution < -0.4 is 5.73 Å². The molecule has 0 bridgehead atoms. The molecule has 2 N–H and O–H groups in total. The summed E-state index contributed by atoms with van der Waals surface area (Å²) in [6, 6.07) is 1.77. The summed E-state index contributed by atoms with van der Waals surface area (Å²) in [5.74, 6) is 1.18. The maximum atomic E-state index is 5.92. The minimum atomic E-state index is -0.0313. The third kappa shape index (κ3) is 2.01. The van der Waals surface area contributed by atoms with Crippen LogP contribution in [0.5, 0.6) is 0 Å². The molecule has 0 aromatic carbocycles. The first-order chi connectivity index (χ1) is 5.75. The summed E-state index contributed by atoms with van der Waals surface area (Å²) in [6.45, 7) is 4.23. The monoisotopic (exact) mass is 165 g/mol. The Morgan fingerprint density at radius 3 is 2.50 bits per heavy atom. The second kappa shape index (κ2) is 4.16. The number of nitrogens with two attached hydrogens (primary N) is 1. The molecule has 0 fully saturated rings. The van der Waals surface area contributed by atoms with E-state index in [0.717, 1.165) is 12.2 Å². The number of aromatic nitrogens is 2. The molecule has 0 aliphatic rings. The van der Waals surface area contributed by atoms with Gasteiger partial charge >= 0.3 is 0 Å². The van der Waals surface area contributed by atoms with Crippen molar-refractivity contribution >= 4 is 0 Å². The highest BCUT2D eigenvalue weighted by Gasteiger charge is 2.14. The first kappa shape index (κ1) is 9.13. The van der Waals surface area contributed by atoms with Crippen LogP contribution in [-0.2, 0) is 0 Å². The summed E-state index contributed by atoms with van der Waals surface area (Å²) in [4.78, 5) is 8.22. The van der Waals surface area contributed by atoms with Gasteiger partial charge in [-0.05, 0) is 12.0 Å². The maximum absolute atomic E-state index is 5.92. The van der Waals surface area contributed by atoms with Crippen LogP contribution in [0.25, 0.3) is 0 Å². The highest BCUT2D eigenvalue weighted by molar-refractivity contribution is 4.95. The third-order valence-corrected chi connectivity index (χ3v) is 2.14. The molecule has 0 aliphatic heterocycles. The van der Waals surface area contributed by atoms with Gasteiger partial charge < -0.3 is 5.73 Å². The van der Waals surface area contributed by atoms with E-state index in [-0.39, 0.29) is 6.04 Å². The Morgan fingerprint density at radius 2 is 2.00 bits per heavy atom. The van der Waals surface area contributed by atoms with Crippen LogP contribution in [0, 0.1) is 5.92 Å². The van der Waals surface area contributed by atoms with Crippen molar-refractivity contribution in [2.75, 3.05) is 0 Å². The molecule has 66 valence electrons. The van der Waals surface area contributed by atoms with Crippen molar-refractivity contribution in [3.05, 3.63) is 24.3 Å². The first-order valence-electron chi connectivity index (χ1n) is 4.28. The lowest BCUT2D eigenvalue weighted by Gasteiger charge is -2.15. The van der Waals surface area contributed by atoms with E-state index in [1.54, 1.807) is 18.5 Å². The van der Waals surface area contributed by atoms with Gasteiger partial charge in [-0.15, -0.1) is 0 Å². The topological polar surface area (TPSA) is 51.8 Å². The molecule has 1 heterocycles. The highest BCUT2D eigenvalue weighted by atomic mass is 14.9. The van der Waals surface area contributed by atoms with E-state index < -0.39 is 0 Å². The Balaban J connectivity index is 2.71. The molecule has 12 heavy (non-hydrogen) atoms. The molecule has 2 atom stereocenters. The van der Waals surface area contributed by atoms with Crippen LogP contribution in [0.15, 0.2) is 18.5 Å². The van der Waals surface area contributed by atoms with Crippen molar-refractivity contribution in [1.29, 1.82) is 0 Å². The Bertz CT molecular complexity index is 222. The van der Waals surface area contributed by atoms with Crippen LogP contribution in [0.2, 0.25) is 0 Å². The van der Waals surface area contributed by atoms with Crippen molar-refractivity contribution in [3.8, 4) is 0 Å².